The summed E-state index contributed by atoms with van der Waals surface area (Å²) in [6.07, 6.45) is 1.37. The molecule has 0 bridgehead atoms. The van der Waals surface area contributed by atoms with Crippen LogP contribution >= 0.6 is 0 Å². The Bertz CT molecular complexity index is 548. The molecular formula is C15H17F2NO3. The lowest BCUT2D eigenvalue weighted by Gasteiger charge is -2.30. The summed E-state index contributed by atoms with van der Waals surface area (Å²) in [6, 6.07) is 3.88. The van der Waals surface area contributed by atoms with E-state index in [1.807, 2.05) is 0 Å². The predicted octanol–water partition coefficient (Wildman–Crippen LogP) is 2.22. The Hall–Kier alpha value is -1.98. The van der Waals surface area contributed by atoms with Crippen LogP contribution in [0.25, 0.3) is 0 Å². The third-order valence-electron chi connectivity index (χ3n) is 3.76. The maximum absolute atomic E-state index is 13.5. The van der Waals surface area contributed by atoms with Crippen LogP contribution in [0.15, 0.2) is 18.2 Å². The van der Waals surface area contributed by atoms with Crippen LogP contribution in [0.2, 0.25) is 0 Å². The minimum absolute atomic E-state index is 0.0483. The van der Waals surface area contributed by atoms with E-state index in [9.17, 15) is 18.4 Å². The second-order valence-corrected chi connectivity index (χ2v) is 5.23. The second kappa shape index (κ2) is 6.65. The van der Waals surface area contributed by atoms with Crippen molar-refractivity contribution in [2.45, 2.75) is 25.7 Å². The fourth-order valence-electron chi connectivity index (χ4n) is 2.55. The van der Waals surface area contributed by atoms with Gasteiger partial charge in [0.25, 0.3) is 0 Å². The smallest absolute Gasteiger partial charge is 0.308 e. The molecule has 6 heteroatoms. The van der Waals surface area contributed by atoms with Crippen LogP contribution in [0.1, 0.15) is 24.8 Å². The predicted molar refractivity (Wildman–Crippen MR) is 71.6 cm³/mol. The molecule has 1 aliphatic heterocycles. The lowest BCUT2D eigenvalue weighted by Crippen LogP contribution is -2.42. The van der Waals surface area contributed by atoms with E-state index < -0.39 is 23.5 Å². The first-order valence-corrected chi connectivity index (χ1v) is 6.92. The number of aliphatic carboxylic acids is 1. The molecule has 0 spiro atoms. The van der Waals surface area contributed by atoms with Crippen molar-refractivity contribution in [2.24, 2.45) is 5.92 Å². The molecule has 0 aromatic heterocycles. The summed E-state index contributed by atoms with van der Waals surface area (Å²) in [5.41, 5.74) is 0.162. The van der Waals surface area contributed by atoms with Gasteiger partial charge < -0.3 is 10.0 Å². The Kier molecular flexibility index (Phi) is 4.88. The Morgan fingerprint density at radius 3 is 2.81 bits per heavy atom. The maximum Gasteiger partial charge on any atom is 0.308 e. The summed E-state index contributed by atoms with van der Waals surface area (Å²) in [5, 5.41) is 8.98. The van der Waals surface area contributed by atoms with Crippen LogP contribution in [0, 0.1) is 17.6 Å². The molecule has 0 radical (unpaired) electrons. The molecular weight excluding hydrogens is 280 g/mol. The zero-order chi connectivity index (χ0) is 15.4. The van der Waals surface area contributed by atoms with Crippen LogP contribution in [-0.4, -0.2) is 35.0 Å². The van der Waals surface area contributed by atoms with E-state index in [0.29, 0.717) is 19.4 Å². The number of carboxylic acids is 1. The van der Waals surface area contributed by atoms with Crippen LogP contribution in [0.5, 0.6) is 0 Å². The quantitative estimate of drug-likeness (QED) is 0.927. The number of carbonyl (C=O) groups is 2. The van der Waals surface area contributed by atoms with E-state index in [1.165, 1.54) is 17.0 Å². The number of rotatable bonds is 4. The zero-order valence-electron chi connectivity index (χ0n) is 11.5. The van der Waals surface area contributed by atoms with Crippen molar-refractivity contribution in [1.29, 1.82) is 0 Å². The fourth-order valence-corrected chi connectivity index (χ4v) is 2.55. The molecule has 4 nitrogen and oxygen atoms in total. The van der Waals surface area contributed by atoms with Crippen LogP contribution in [-0.2, 0) is 16.0 Å². The van der Waals surface area contributed by atoms with Gasteiger partial charge in [-0.3, -0.25) is 9.59 Å². The van der Waals surface area contributed by atoms with E-state index in [0.717, 1.165) is 6.07 Å². The van der Waals surface area contributed by atoms with Gasteiger partial charge in [-0.2, -0.15) is 0 Å². The first-order valence-electron chi connectivity index (χ1n) is 6.92. The van der Waals surface area contributed by atoms with E-state index in [1.54, 1.807) is 0 Å². The molecule has 21 heavy (non-hydrogen) atoms. The summed E-state index contributed by atoms with van der Waals surface area (Å²) in [7, 11) is 0. The van der Waals surface area contributed by atoms with Crippen LogP contribution < -0.4 is 0 Å². The Morgan fingerprint density at radius 2 is 2.10 bits per heavy atom. The van der Waals surface area contributed by atoms with E-state index in [4.69, 9.17) is 5.11 Å². The number of hydrogen-bond donors (Lipinski definition) is 1. The molecule has 1 aromatic rings. The van der Waals surface area contributed by atoms with E-state index in [2.05, 4.69) is 0 Å². The normalized spacial score (nSPS) is 18.6. The van der Waals surface area contributed by atoms with Crippen molar-refractivity contribution in [3.63, 3.8) is 0 Å². The number of halogens is 2. The summed E-state index contributed by atoms with van der Waals surface area (Å²) in [5.74, 6) is -3.50. The molecule has 114 valence electrons. The van der Waals surface area contributed by atoms with Crippen molar-refractivity contribution in [3.05, 3.63) is 35.4 Å². The molecule has 1 amide bonds. The lowest BCUT2D eigenvalue weighted by atomic mass is 9.97. The molecule has 0 aliphatic carbocycles. The van der Waals surface area contributed by atoms with Crippen LogP contribution in [0.3, 0.4) is 0 Å². The number of nitrogens with zero attached hydrogens (tertiary/aromatic N) is 1. The average molecular weight is 297 g/mol. The standard InChI is InChI=1S/C15H17F2NO3/c16-12-5-1-3-10(14(12)17)6-7-13(19)18-8-2-4-11(9-18)15(20)21/h1,3,5,11H,2,4,6-9H2,(H,20,21). The van der Waals surface area contributed by atoms with Gasteiger partial charge >= 0.3 is 5.97 Å². The monoisotopic (exact) mass is 297 g/mol. The van der Waals surface area contributed by atoms with Gasteiger partial charge in [0.2, 0.25) is 5.91 Å². The SMILES string of the molecule is O=C(O)C1CCCN(C(=O)CCc2cccc(F)c2F)C1. The molecule has 1 N–H and O–H groups in total. The highest BCUT2D eigenvalue weighted by Gasteiger charge is 2.27. The maximum atomic E-state index is 13.5. The van der Waals surface area contributed by atoms with Gasteiger partial charge in [-0.05, 0) is 30.9 Å². The summed E-state index contributed by atoms with van der Waals surface area (Å²) >= 11 is 0. The van der Waals surface area contributed by atoms with Gasteiger partial charge in [-0.25, -0.2) is 8.78 Å². The number of carboxylic acid groups (broad SMARTS) is 1. The molecule has 1 aromatic carbocycles. The average Bonchev–Trinajstić information content (AvgIpc) is 2.48. The van der Waals surface area contributed by atoms with Gasteiger partial charge in [0.05, 0.1) is 5.92 Å². The van der Waals surface area contributed by atoms with Gasteiger partial charge in [0.1, 0.15) is 0 Å². The number of hydrogen-bond acceptors (Lipinski definition) is 2. The highest BCUT2D eigenvalue weighted by atomic mass is 19.2. The molecule has 1 heterocycles. The number of benzene rings is 1. The van der Waals surface area contributed by atoms with Crippen molar-refractivity contribution in [3.8, 4) is 0 Å². The summed E-state index contributed by atoms with van der Waals surface area (Å²) in [4.78, 5) is 24.5. The van der Waals surface area contributed by atoms with E-state index in [-0.39, 0.29) is 30.9 Å². The van der Waals surface area contributed by atoms with Gasteiger partial charge in [0.15, 0.2) is 11.6 Å². The number of likely N-dealkylation sites (tertiary alicyclic amines) is 1. The number of carbonyl (C=O) groups excluding carboxylic acids is 1. The third-order valence-corrected chi connectivity index (χ3v) is 3.76. The van der Waals surface area contributed by atoms with Crippen molar-refractivity contribution in [2.75, 3.05) is 13.1 Å². The molecule has 2 rings (SSSR count). The fraction of sp³-hybridized carbons (Fsp3) is 0.467. The van der Waals surface area contributed by atoms with Gasteiger partial charge in [0, 0.05) is 19.5 Å². The summed E-state index contributed by atoms with van der Waals surface area (Å²) in [6.45, 7) is 0.716. The Morgan fingerprint density at radius 1 is 1.33 bits per heavy atom. The molecule has 0 saturated carbocycles. The number of aryl methyl sites for hydroxylation is 1. The van der Waals surface area contributed by atoms with Crippen molar-refractivity contribution >= 4 is 11.9 Å². The second-order valence-electron chi connectivity index (χ2n) is 5.23. The number of piperidine rings is 1. The molecule has 1 aliphatic rings. The van der Waals surface area contributed by atoms with Crippen molar-refractivity contribution in [1.82, 2.24) is 4.90 Å². The third kappa shape index (κ3) is 3.77. The Labute approximate surface area is 121 Å². The molecule has 1 atom stereocenters. The topological polar surface area (TPSA) is 57.6 Å². The lowest BCUT2D eigenvalue weighted by molar-refractivity contribution is -0.145. The van der Waals surface area contributed by atoms with Gasteiger partial charge in [-0.1, -0.05) is 12.1 Å². The minimum atomic E-state index is -0.927. The van der Waals surface area contributed by atoms with Crippen LogP contribution in [0.4, 0.5) is 8.78 Å². The largest absolute Gasteiger partial charge is 0.481 e. The minimum Gasteiger partial charge on any atom is -0.481 e. The Balaban J connectivity index is 1.92. The van der Waals surface area contributed by atoms with E-state index >= 15 is 0 Å². The summed E-state index contributed by atoms with van der Waals surface area (Å²) < 4.78 is 26.5. The molecule has 1 unspecified atom stereocenters. The first kappa shape index (κ1) is 15.4. The zero-order valence-corrected chi connectivity index (χ0v) is 11.5. The van der Waals surface area contributed by atoms with Crippen molar-refractivity contribution < 1.29 is 23.5 Å². The number of amides is 1. The molecule has 1 saturated heterocycles. The van der Waals surface area contributed by atoms with Gasteiger partial charge in [-0.15, -0.1) is 0 Å². The highest BCUT2D eigenvalue weighted by molar-refractivity contribution is 5.78. The molecule has 1 fully saturated rings. The first-order chi connectivity index (χ1) is 9.99. The highest BCUT2D eigenvalue weighted by Crippen LogP contribution is 2.19.